The van der Waals surface area contributed by atoms with Gasteiger partial charge in [-0.25, -0.2) is 0 Å². The Bertz CT molecular complexity index is 331. The van der Waals surface area contributed by atoms with Crippen molar-refractivity contribution in [1.82, 2.24) is 10.2 Å². The fourth-order valence-electron chi connectivity index (χ4n) is 2.17. The number of primary amides is 1. The molecule has 0 aromatic rings. The molecule has 1 saturated carbocycles. The summed E-state index contributed by atoms with van der Waals surface area (Å²) in [5, 5.41) is 3.14. The first kappa shape index (κ1) is 17.2. The topological polar surface area (TPSA) is 58.4 Å². The van der Waals surface area contributed by atoms with Gasteiger partial charge in [0.1, 0.15) is 0 Å². The van der Waals surface area contributed by atoms with Crippen LogP contribution in [0.15, 0.2) is 0 Å². The molecule has 0 spiro atoms. The van der Waals surface area contributed by atoms with E-state index in [9.17, 15) is 18.0 Å². The maximum absolute atomic E-state index is 12.5. The molecular formula is C13H24F3N3O. The molecule has 0 aliphatic heterocycles. The van der Waals surface area contributed by atoms with Crippen molar-refractivity contribution in [3.05, 3.63) is 0 Å². The van der Waals surface area contributed by atoms with E-state index in [1.54, 1.807) is 6.92 Å². The molecule has 20 heavy (non-hydrogen) atoms. The largest absolute Gasteiger partial charge is 0.401 e. The van der Waals surface area contributed by atoms with Crippen LogP contribution in [0.3, 0.4) is 0 Å². The molecule has 0 radical (unpaired) electrons. The molecule has 1 atom stereocenters. The number of nitrogens with one attached hydrogen (secondary N) is 1. The normalized spacial score (nSPS) is 19.1. The summed E-state index contributed by atoms with van der Waals surface area (Å²) in [6.45, 7) is 3.12. The quantitative estimate of drug-likeness (QED) is 0.680. The van der Waals surface area contributed by atoms with Crippen LogP contribution in [0.2, 0.25) is 0 Å². The molecule has 1 rings (SSSR count). The lowest BCUT2D eigenvalue weighted by Crippen LogP contribution is -2.55. The molecule has 1 fully saturated rings. The lowest BCUT2D eigenvalue weighted by atomic mass is 9.96. The molecule has 1 aliphatic rings. The smallest absolute Gasteiger partial charge is 0.368 e. The number of nitrogens with zero attached hydrogens (tertiary/aromatic N) is 1. The molecular weight excluding hydrogens is 271 g/mol. The van der Waals surface area contributed by atoms with Crippen LogP contribution in [0.1, 0.15) is 39.5 Å². The number of halogens is 3. The monoisotopic (exact) mass is 295 g/mol. The minimum absolute atomic E-state index is 0.201. The van der Waals surface area contributed by atoms with Gasteiger partial charge in [0.25, 0.3) is 0 Å². The lowest BCUT2D eigenvalue weighted by Gasteiger charge is -2.31. The first-order valence-electron chi connectivity index (χ1n) is 7.03. The maximum Gasteiger partial charge on any atom is 0.401 e. The van der Waals surface area contributed by atoms with Crippen molar-refractivity contribution in [2.45, 2.75) is 57.3 Å². The summed E-state index contributed by atoms with van der Waals surface area (Å²) >= 11 is 0. The van der Waals surface area contributed by atoms with Crippen LogP contribution in [0.5, 0.6) is 0 Å². The molecule has 1 aliphatic carbocycles. The van der Waals surface area contributed by atoms with E-state index in [0.717, 1.165) is 12.8 Å². The van der Waals surface area contributed by atoms with Gasteiger partial charge in [0.15, 0.2) is 0 Å². The average Bonchev–Trinajstić information content (AvgIpc) is 3.08. The molecule has 0 heterocycles. The number of nitrogens with two attached hydrogens (primary N) is 1. The number of carbonyl (C=O) groups excluding carboxylic acids is 1. The third-order valence-corrected chi connectivity index (χ3v) is 3.51. The highest BCUT2D eigenvalue weighted by Gasteiger charge is 2.38. The Hall–Kier alpha value is -0.820. The summed E-state index contributed by atoms with van der Waals surface area (Å²) in [6, 6.07) is 0.273. The fraction of sp³-hybridized carbons (Fsp3) is 0.923. The highest BCUT2D eigenvalue weighted by atomic mass is 19.4. The van der Waals surface area contributed by atoms with E-state index in [4.69, 9.17) is 5.73 Å². The Morgan fingerprint density at radius 1 is 1.35 bits per heavy atom. The van der Waals surface area contributed by atoms with Crippen LogP contribution in [0.25, 0.3) is 0 Å². The molecule has 0 saturated heterocycles. The van der Waals surface area contributed by atoms with Gasteiger partial charge in [-0.1, -0.05) is 6.92 Å². The Morgan fingerprint density at radius 2 is 1.95 bits per heavy atom. The minimum atomic E-state index is -4.22. The van der Waals surface area contributed by atoms with Crippen LogP contribution < -0.4 is 11.1 Å². The summed E-state index contributed by atoms with van der Waals surface area (Å²) < 4.78 is 37.4. The molecule has 0 aromatic heterocycles. The van der Waals surface area contributed by atoms with Crippen molar-refractivity contribution in [2.24, 2.45) is 5.73 Å². The van der Waals surface area contributed by atoms with Gasteiger partial charge >= 0.3 is 6.18 Å². The van der Waals surface area contributed by atoms with Crippen LogP contribution in [0.4, 0.5) is 13.2 Å². The van der Waals surface area contributed by atoms with Crippen LogP contribution in [0, 0.1) is 0 Å². The minimum Gasteiger partial charge on any atom is -0.368 e. The standard InChI is InChI=1S/C13H24F3N3O/c1-3-7-19(9-13(14,15)16)8-6-12(2,11(17)20)18-10-4-5-10/h10,18H,3-9H2,1-2H3,(H2,17,20). The highest BCUT2D eigenvalue weighted by molar-refractivity contribution is 5.84. The molecule has 3 N–H and O–H groups in total. The van der Waals surface area contributed by atoms with Crippen molar-refractivity contribution >= 4 is 5.91 Å². The molecule has 7 heteroatoms. The third kappa shape index (κ3) is 6.09. The van der Waals surface area contributed by atoms with Gasteiger partial charge in [0.2, 0.25) is 5.91 Å². The van der Waals surface area contributed by atoms with Crippen molar-refractivity contribution in [1.29, 1.82) is 0 Å². The Kier molecular flexibility index (Phi) is 5.82. The Labute approximate surface area is 117 Å². The van der Waals surface area contributed by atoms with Crippen molar-refractivity contribution in [3.8, 4) is 0 Å². The third-order valence-electron chi connectivity index (χ3n) is 3.51. The number of alkyl halides is 3. The number of hydrogen-bond acceptors (Lipinski definition) is 3. The molecule has 0 aromatic carbocycles. The van der Waals surface area contributed by atoms with Crippen molar-refractivity contribution in [2.75, 3.05) is 19.6 Å². The van der Waals surface area contributed by atoms with Gasteiger partial charge in [-0.15, -0.1) is 0 Å². The molecule has 4 nitrogen and oxygen atoms in total. The van der Waals surface area contributed by atoms with Crippen LogP contribution in [-0.2, 0) is 4.79 Å². The molecule has 118 valence electrons. The Morgan fingerprint density at radius 3 is 2.35 bits per heavy atom. The second-order valence-corrected chi connectivity index (χ2v) is 5.76. The van der Waals surface area contributed by atoms with Gasteiger partial charge in [-0.05, 0) is 39.2 Å². The van der Waals surface area contributed by atoms with Gasteiger partial charge < -0.3 is 11.1 Å². The number of hydrogen-bond donors (Lipinski definition) is 2. The van der Waals surface area contributed by atoms with Gasteiger partial charge in [0.05, 0.1) is 12.1 Å². The summed E-state index contributed by atoms with van der Waals surface area (Å²) in [4.78, 5) is 12.9. The zero-order chi connectivity index (χ0) is 15.4. The molecule has 1 amide bonds. The fourth-order valence-corrected chi connectivity index (χ4v) is 2.17. The zero-order valence-corrected chi connectivity index (χ0v) is 12.1. The summed E-state index contributed by atoms with van der Waals surface area (Å²) in [5.41, 5.74) is 4.46. The highest BCUT2D eigenvalue weighted by Crippen LogP contribution is 2.24. The second kappa shape index (κ2) is 6.76. The van der Waals surface area contributed by atoms with E-state index in [-0.39, 0.29) is 19.0 Å². The van der Waals surface area contributed by atoms with E-state index in [1.807, 2.05) is 6.92 Å². The number of carbonyl (C=O) groups is 1. The van der Waals surface area contributed by atoms with E-state index in [0.29, 0.717) is 13.0 Å². The van der Waals surface area contributed by atoms with Gasteiger partial charge in [-0.3, -0.25) is 9.69 Å². The zero-order valence-electron chi connectivity index (χ0n) is 12.1. The second-order valence-electron chi connectivity index (χ2n) is 5.76. The lowest BCUT2D eigenvalue weighted by molar-refractivity contribution is -0.146. The predicted molar refractivity (Wildman–Crippen MR) is 71.2 cm³/mol. The van der Waals surface area contributed by atoms with Crippen LogP contribution >= 0.6 is 0 Å². The summed E-state index contributed by atoms with van der Waals surface area (Å²) in [6.07, 6.45) is -1.31. The predicted octanol–water partition coefficient (Wildman–Crippen LogP) is 1.65. The van der Waals surface area contributed by atoms with E-state index in [1.165, 1.54) is 4.90 Å². The number of amides is 1. The van der Waals surface area contributed by atoms with Crippen molar-refractivity contribution < 1.29 is 18.0 Å². The van der Waals surface area contributed by atoms with E-state index >= 15 is 0 Å². The molecule has 1 unspecified atom stereocenters. The van der Waals surface area contributed by atoms with Gasteiger partial charge in [0, 0.05) is 12.6 Å². The van der Waals surface area contributed by atoms with E-state index < -0.39 is 24.2 Å². The average molecular weight is 295 g/mol. The first-order chi connectivity index (χ1) is 9.16. The Balaban J connectivity index is 2.55. The van der Waals surface area contributed by atoms with Crippen LogP contribution in [-0.4, -0.2) is 48.2 Å². The SMILES string of the molecule is CCCN(CCC(C)(NC1CC1)C(N)=O)CC(F)(F)F. The van der Waals surface area contributed by atoms with Gasteiger partial charge in [-0.2, -0.15) is 13.2 Å². The maximum atomic E-state index is 12.5. The first-order valence-corrected chi connectivity index (χ1v) is 7.03. The molecule has 0 bridgehead atoms. The summed E-state index contributed by atoms with van der Waals surface area (Å²) in [7, 11) is 0. The van der Waals surface area contributed by atoms with E-state index in [2.05, 4.69) is 5.32 Å². The number of rotatable bonds is 9. The summed E-state index contributed by atoms with van der Waals surface area (Å²) in [5.74, 6) is -0.507. The van der Waals surface area contributed by atoms with Crippen molar-refractivity contribution in [3.63, 3.8) is 0 Å².